The molecule has 2 atom stereocenters. The Kier molecular flexibility index (Phi) is 3.97. The average Bonchev–Trinajstić information content (AvgIpc) is 2.26. The van der Waals surface area contributed by atoms with Gasteiger partial charge in [-0.1, -0.05) is 32.4 Å². The lowest BCUT2D eigenvalue weighted by Crippen LogP contribution is -2.37. The van der Waals surface area contributed by atoms with Crippen molar-refractivity contribution in [2.75, 3.05) is 0 Å². The Morgan fingerprint density at radius 2 is 2.07 bits per heavy atom. The van der Waals surface area contributed by atoms with E-state index in [0.717, 1.165) is 6.42 Å². The first-order valence-corrected chi connectivity index (χ1v) is 5.12. The summed E-state index contributed by atoms with van der Waals surface area (Å²) in [5, 5.41) is 0. The maximum atomic E-state index is 13.3. The monoisotopic (exact) mass is 209 g/mol. The van der Waals surface area contributed by atoms with Gasteiger partial charge in [-0.3, -0.25) is 4.79 Å². The standard InChI is InChI=1S/C12H16FNO/c1-3-8(2)11(14)12(15)9-6-4-5-7-10(9)13/h4-8,11H,3,14H2,1-2H3. The molecule has 0 aliphatic carbocycles. The van der Waals surface area contributed by atoms with Crippen molar-refractivity contribution in [3.05, 3.63) is 35.6 Å². The molecule has 0 bridgehead atoms. The topological polar surface area (TPSA) is 43.1 Å². The number of carbonyl (C=O) groups is 1. The predicted octanol–water partition coefficient (Wildman–Crippen LogP) is 2.38. The highest BCUT2D eigenvalue weighted by molar-refractivity contribution is 6.00. The summed E-state index contributed by atoms with van der Waals surface area (Å²) in [5.41, 5.74) is 5.84. The van der Waals surface area contributed by atoms with Gasteiger partial charge in [0.25, 0.3) is 0 Å². The minimum atomic E-state index is -0.619. The van der Waals surface area contributed by atoms with Crippen LogP contribution in [0.5, 0.6) is 0 Å². The van der Waals surface area contributed by atoms with E-state index in [1.54, 1.807) is 12.1 Å². The third kappa shape index (κ3) is 2.63. The van der Waals surface area contributed by atoms with Crippen molar-refractivity contribution in [1.82, 2.24) is 0 Å². The van der Waals surface area contributed by atoms with E-state index in [-0.39, 0.29) is 17.3 Å². The van der Waals surface area contributed by atoms with Gasteiger partial charge in [-0.2, -0.15) is 0 Å². The third-order valence-electron chi connectivity index (χ3n) is 2.70. The normalized spacial score (nSPS) is 14.7. The molecule has 1 aromatic rings. The quantitative estimate of drug-likeness (QED) is 0.774. The van der Waals surface area contributed by atoms with E-state index in [9.17, 15) is 9.18 Å². The Balaban J connectivity index is 2.90. The van der Waals surface area contributed by atoms with E-state index in [1.165, 1.54) is 12.1 Å². The number of benzene rings is 1. The van der Waals surface area contributed by atoms with Crippen molar-refractivity contribution < 1.29 is 9.18 Å². The van der Waals surface area contributed by atoms with Gasteiger partial charge in [0, 0.05) is 0 Å². The fraction of sp³-hybridized carbons (Fsp3) is 0.417. The molecule has 0 amide bonds. The number of rotatable bonds is 4. The second kappa shape index (κ2) is 5.03. The van der Waals surface area contributed by atoms with Gasteiger partial charge in [-0.15, -0.1) is 0 Å². The van der Waals surface area contributed by atoms with Crippen LogP contribution in [0.3, 0.4) is 0 Å². The molecular formula is C12H16FNO. The highest BCUT2D eigenvalue weighted by Gasteiger charge is 2.22. The molecule has 0 aliphatic rings. The minimum Gasteiger partial charge on any atom is -0.321 e. The third-order valence-corrected chi connectivity index (χ3v) is 2.70. The van der Waals surface area contributed by atoms with Gasteiger partial charge >= 0.3 is 0 Å². The second-order valence-corrected chi connectivity index (χ2v) is 3.76. The maximum Gasteiger partial charge on any atom is 0.182 e. The van der Waals surface area contributed by atoms with Gasteiger partial charge in [0.1, 0.15) is 5.82 Å². The molecule has 2 unspecified atom stereocenters. The van der Waals surface area contributed by atoms with Crippen molar-refractivity contribution in [2.45, 2.75) is 26.3 Å². The van der Waals surface area contributed by atoms with Crippen LogP contribution in [0.1, 0.15) is 30.6 Å². The van der Waals surface area contributed by atoms with Crippen LogP contribution in [0, 0.1) is 11.7 Å². The van der Waals surface area contributed by atoms with Gasteiger partial charge in [-0.25, -0.2) is 4.39 Å². The average molecular weight is 209 g/mol. The van der Waals surface area contributed by atoms with Crippen LogP contribution in [-0.2, 0) is 0 Å². The van der Waals surface area contributed by atoms with Gasteiger partial charge in [0.05, 0.1) is 11.6 Å². The number of hydrogen-bond donors (Lipinski definition) is 1. The smallest absolute Gasteiger partial charge is 0.182 e. The van der Waals surface area contributed by atoms with Gasteiger partial charge < -0.3 is 5.73 Å². The molecular weight excluding hydrogens is 193 g/mol. The first-order chi connectivity index (χ1) is 7.07. The molecule has 1 rings (SSSR count). The lowest BCUT2D eigenvalue weighted by atomic mass is 9.92. The highest BCUT2D eigenvalue weighted by atomic mass is 19.1. The molecule has 0 fully saturated rings. The molecule has 0 aliphatic heterocycles. The van der Waals surface area contributed by atoms with Crippen LogP contribution in [-0.4, -0.2) is 11.8 Å². The zero-order valence-electron chi connectivity index (χ0n) is 9.03. The van der Waals surface area contributed by atoms with Crippen LogP contribution in [0.2, 0.25) is 0 Å². The molecule has 82 valence electrons. The summed E-state index contributed by atoms with van der Waals surface area (Å²) in [7, 11) is 0. The molecule has 3 heteroatoms. The van der Waals surface area contributed by atoms with E-state index >= 15 is 0 Å². The number of nitrogens with two attached hydrogens (primary N) is 1. The van der Waals surface area contributed by atoms with Crippen molar-refractivity contribution in [3.63, 3.8) is 0 Å². The van der Waals surface area contributed by atoms with E-state index in [4.69, 9.17) is 5.73 Å². The molecule has 2 nitrogen and oxygen atoms in total. The molecule has 0 heterocycles. The number of carbonyl (C=O) groups excluding carboxylic acids is 1. The highest BCUT2D eigenvalue weighted by Crippen LogP contribution is 2.14. The molecule has 1 aromatic carbocycles. The van der Waals surface area contributed by atoms with E-state index < -0.39 is 11.9 Å². The largest absolute Gasteiger partial charge is 0.321 e. The maximum absolute atomic E-state index is 13.3. The number of halogens is 1. The van der Waals surface area contributed by atoms with E-state index in [1.807, 2.05) is 13.8 Å². The zero-order chi connectivity index (χ0) is 11.4. The number of Topliss-reactive ketones (excluding diaryl/α,β-unsaturated/α-hetero) is 1. The second-order valence-electron chi connectivity index (χ2n) is 3.76. The molecule has 0 saturated heterocycles. The van der Waals surface area contributed by atoms with Crippen molar-refractivity contribution in [1.29, 1.82) is 0 Å². The van der Waals surface area contributed by atoms with Gasteiger partial charge in [0.2, 0.25) is 0 Å². The lowest BCUT2D eigenvalue weighted by Gasteiger charge is -2.17. The molecule has 0 saturated carbocycles. The molecule has 0 aromatic heterocycles. The van der Waals surface area contributed by atoms with Crippen LogP contribution in [0.15, 0.2) is 24.3 Å². The SMILES string of the molecule is CCC(C)C(N)C(=O)c1ccccc1F. The summed E-state index contributed by atoms with van der Waals surface area (Å²) in [6, 6.07) is 5.32. The van der Waals surface area contributed by atoms with Crippen molar-refractivity contribution >= 4 is 5.78 Å². The molecule has 0 spiro atoms. The summed E-state index contributed by atoms with van der Waals surface area (Å²) >= 11 is 0. The lowest BCUT2D eigenvalue weighted by molar-refractivity contribution is 0.0931. The van der Waals surface area contributed by atoms with E-state index in [0.29, 0.717) is 0 Å². The number of hydrogen-bond acceptors (Lipinski definition) is 2. The van der Waals surface area contributed by atoms with Crippen LogP contribution in [0.4, 0.5) is 4.39 Å². The Bertz CT molecular complexity index is 351. The van der Waals surface area contributed by atoms with Crippen molar-refractivity contribution in [2.24, 2.45) is 11.7 Å². The number of ketones is 1. The Hall–Kier alpha value is -1.22. The fourth-order valence-electron chi connectivity index (χ4n) is 1.35. The van der Waals surface area contributed by atoms with Crippen LogP contribution in [0.25, 0.3) is 0 Å². The van der Waals surface area contributed by atoms with Gasteiger partial charge in [-0.05, 0) is 18.1 Å². The summed E-state index contributed by atoms with van der Waals surface area (Å²) in [5.74, 6) is -0.749. The Morgan fingerprint density at radius 3 is 2.60 bits per heavy atom. The fourth-order valence-corrected chi connectivity index (χ4v) is 1.35. The summed E-state index contributed by atoms with van der Waals surface area (Å²) in [6.45, 7) is 3.85. The summed E-state index contributed by atoms with van der Waals surface area (Å²) in [4.78, 5) is 11.8. The van der Waals surface area contributed by atoms with Gasteiger partial charge in [0.15, 0.2) is 5.78 Å². The molecule has 0 radical (unpaired) electrons. The summed E-state index contributed by atoms with van der Waals surface area (Å²) < 4.78 is 13.3. The Labute approximate surface area is 89.3 Å². The zero-order valence-corrected chi connectivity index (χ0v) is 9.03. The minimum absolute atomic E-state index is 0.0668. The van der Waals surface area contributed by atoms with Crippen LogP contribution < -0.4 is 5.73 Å². The van der Waals surface area contributed by atoms with Crippen LogP contribution >= 0.6 is 0 Å². The first-order valence-electron chi connectivity index (χ1n) is 5.12. The predicted molar refractivity (Wildman–Crippen MR) is 58.2 cm³/mol. The Morgan fingerprint density at radius 1 is 1.47 bits per heavy atom. The molecule has 15 heavy (non-hydrogen) atoms. The summed E-state index contributed by atoms with van der Waals surface area (Å²) in [6.07, 6.45) is 0.807. The van der Waals surface area contributed by atoms with E-state index in [2.05, 4.69) is 0 Å². The first kappa shape index (κ1) is 11.9. The van der Waals surface area contributed by atoms with Crippen molar-refractivity contribution in [3.8, 4) is 0 Å². The molecule has 2 N–H and O–H groups in total.